The van der Waals surface area contributed by atoms with Crippen molar-refractivity contribution < 1.29 is 9.53 Å². The highest BCUT2D eigenvalue weighted by Gasteiger charge is 2.34. The van der Waals surface area contributed by atoms with Gasteiger partial charge in [-0.1, -0.05) is 37.3 Å². The summed E-state index contributed by atoms with van der Waals surface area (Å²) in [6.45, 7) is 4.29. The van der Waals surface area contributed by atoms with Crippen LogP contribution >= 0.6 is 0 Å². The van der Waals surface area contributed by atoms with Crippen molar-refractivity contribution in [3.8, 4) is 0 Å². The van der Waals surface area contributed by atoms with Crippen molar-refractivity contribution in [2.45, 2.75) is 19.4 Å². The van der Waals surface area contributed by atoms with E-state index in [1.54, 1.807) is 0 Å². The lowest BCUT2D eigenvalue weighted by molar-refractivity contribution is -0.130. The molecule has 0 spiro atoms. The minimum atomic E-state index is -0.137. The summed E-state index contributed by atoms with van der Waals surface area (Å²) in [7, 11) is 3.89. The van der Waals surface area contributed by atoms with Gasteiger partial charge in [-0.2, -0.15) is 0 Å². The van der Waals surface area contributed by atoms with E-state index in [-0.39, 0.29) is 17.4 Å². The maximum atomic E-state index is 12.4. The molecule has 0 bridgehead atoms. The topological polar surface area (TPSA) is 41.6 Å². The molecule has 0 aromatic heterocycles. The van der Waals surface area contributed by atoms with Crippen molar-refractivity contribution in [3.63, 3.8) is 0 Å². The minimum absolute atomic E-state index is 0.0898. The molecule has 1 aromatic rings. The molecule has 1 heterocycles. The Hall–Kier alpha value is -1.39. The second-order valence-electron chi connectivity index (χ2n) is 6.19. The molecular weight excluding hydrogens is 252 g/mol. The predicted molar refractivity (Wildman–Crippen MR) is 79.6 cm³/mol. The number of rotatable bonds is 6. The molecule has 0 radical (unpaired) electrons. The van der Waals surface area contributed by atoms with E-state index in [1.165, 1.54) is 5.56 Å². The number of nitrogens with zero attached hydrogens (tertiary/aromatic N) is 1. The summed E-state index contributed by atoms with van der Waals surface area (Å²) < 4.78 is 5.21. The molecule has 1 aliphatic heterocycles. The molecule has 1 saturated heterocycles. The summed E-state index contributed by atoms with van der Waals surface area (Å²) in [6, 6.07) is 9.99. The maximum Gasteiger partial charge on any atom is 0.237 e. The van der Waals surface area contributed by atoms with Crippen LogP contribution < -0.4 is 5.32 Å². The van der Waals surface area contributed by atoms with Gasteiger partial charge < -0.3 is 10.1 Å². The van der Waals surface area contributed by atoms with Crippen LogP contribution in [0.25, 0.3) is 0 Å². The van der Waals surface area contributed by atoms with Crippen LogP contribution in [0.1, 0.15) is 12.5 Å². The fraction of sp³-hybridized carbons (Fsp3) is 0.562. The smallest absolute Gasteiger partial charge is 0.237 e. The van der Waals surface area contributed by atoms with Gasteiger partial charge in [0.1, 0.15) is 0 Å². The second-order valence-corrected chi connectivity index (χ2v) is 6.19. The molecule has 2 rings (SSSR count). The number of amides is 1. The molecule has 1 amide bonds. The average Bonchev–Trinajstić information content (AvgIpc) is 2.41. The normalized spacial score (nSPS) is 18.4. The molecule has 1 aromatic carbocycles. The third-order valence-electron chi connectivity index (χ3n) is 3.79. The molecule has 4 nitrogen and oxygen atoms in total. The maximum absolute atomic E-state index is 12.4. The van der Waals surface area contributed by atoms with E-state index < -0.39 is 0 Å². The zero-order valence-corrected chi connectivity index (χ0v) is 12.6. The van der Waals surface area contributed by atoms with Crippen LogP contribution in [0.15, 0.2) is 30.3 Å². The van der Waals surface area contributed by atoms with Gasteiger partial charge in [0.25, 0.3) is 0 Å². The number of nitrogens with one attached hydrogen (secondary N) is 1. The van der Waals surface area contributed by atoms with Gasteiger partial charge in [0.05, 0.1) is 19.3 Å². The monoisotopic (exact) mass is 276 g/mol. The van der Waals surface area contributed by atoms with E-state index in [1.807, 2.05) is 37.2 Å². The Labute approximate surface area is 121 Å². The third kappa shape index (κ3) is 3.81. The molecular formula is C16H24N2O2. The van der Waals surface area contributed by atoms with Crippen molar-refractivity contribution in [2.24, 2.45) is 5.41 Å². The van der Waals surface area contributed by atoms with E-state index in [4.69, 9.17) is 4.74 Å². The third-order valence-corrected chi connectivity index (χ3v) is 3.79. The number of ether oxygens (including phenoxy) is 1. The van der Waals surface area contributed by atoms with Crippen LogP contribution in [0.2, 0.25) is 0 Å². The first-order chi connectivity index (χ1) is 9.50. The van der Waals surface area contributed by atoms with Gasteiger partial charge in [-0.05, 0) is 26.1 Å². The zero-order valence-electron chi connectivity index (χ0n) is 12.6. The lowest BCUT2D eigenvalue weighted by Crippen LogP contribution is -2.52. The van der Waals surface area contributed by atoms with Crippen molar-refractivity contribution in [1.82, 2.24) is 10.2 Å². The highest BCUT2D eigenvalue weighted by atomic mass is 16.5. The Bertz CT molecular complexity index is 441. The molecule has 1 aliphatic rings. The quantitative estimate of drug-likeness (QED) is 0.852. The zero-order chi connectivity index (χ0) is 14.6. The summed E-state index contributed by atoms with van der Waals surface area (Å²) in [5, 5.41) is 3.07. The van der Waals surface area contributed by atoms with Gasteiger partial charge in [0, 0.05) is 12.0 Å². The fourth-order valence-electron chi connectivity index (χ4n) is 2.32. The molecule has 0 unspecified atom stereocenters. The van der Waals surface area contributed by atoms with Crippen LogP contribution in [-0.4, -0.2) is 50.7 Å². The SMILES string of the molecule is CN(C)[C@@H](Cc1ccccc1)C(=O)NCC1(C)COC1. The number of hydrogen-bond acceptors (Lipinski definition) is 3. The summed E-state index contributed by atoms with van der Waals surface area (Å²) in [6.07, 6.45) is 0.729. The van der Waals surface area contributed by atoms with Gasteiger partial charge in [0.2, 0.25) is 5.91 Å². The highest BCUT2D eigenvalue weighted by molar-refractivity contribution is 5.82. The Morgan fingerprint density at radius 2 is 2.00 bits per heavy atom. The molecule has 110 valence electrons. The van der Waals surface area contributed by atoms with Crippen LogP contribution in [0.3, 0.4) is 0 Å². The average molecular weight is 276 g/mol. The van der Waals surface area contributed by atoms with Gasteiger partial charge in [0.15, 0.2) is 0 Å². The summed E-state index contributed by atoms with van der Waals surface area (Å²) in [5.41, 5.74) is 1.29. The Morgan fingerprint density at radius 3 is 2.50 bits per heavy atom. The van der Waals surface area contributed by atoms with E-state index >= 15 is 0 Å². The van der Waals surface area contributed by atoms with Crippen LogP contribution in [0, 0.1) is 5.41 Å². The standard InChI is InChI=1S/C16H24N2O2/c1-16(11-20-12-16)10-17-15(19)14(18(2)3)9-13-7-5-4-6-8-13/h4-8,14H,9-12H2,1-3H3,(H,17,19)/t14-/m0/s1. The summed E-state index contributed by atoms with van der Waals surface area (Å²) in [4.78, 5) is 14.4. The van der Waals surface area contributed by atoms with Crippen molar-refractivity contribution in [1.29, 1.82) is 0 Å². The van der Waals surface area contributed by atoms with Gasteiger partial charge in [-0.15, -0.1) is 0 Å². The molecule has 0 aliphatic carbocycles. The van der Waals surface area contributed by atoms with Crippen molar-refractivity contribution in [2.75, 3.05) is 33.9 Å². The number of carbonyl (C=O) groups is 1. The second kappa shape index (κ2) is 6.37. The highest BCUT2D eigenvalue weighted by Crippen LogP contribution is 2.25. The number of hydrogen-bond donors (Lipinski definition) is 1. The lowest BCUT2D eigenvalue weighted by atomic mass is 9.88. The molecule has 1 fully saturated rings. The van der Waals surface area contributed by atoms with E-state index in [2.05, 4.69) is 24.4 Å². The van der Waals surface area contributed by atoms with Gasteiger partial charge in [-0.3, -0.25) is 9.69 Å². The Morgan fingerprint density at radius 1 is 1.35 bits per heavy atom. The fourth-order valence-corrected chi connectivity index (χ4v) is 2.32. The van der Waals surface area contributed by atoms with Crippen LogP contribution in [0.4, 0.5) is 0 Å². The predicted octanol–water partition coefficient (Wildman–Crippen LogP) is 1.31. The first-order valence-electron chi connectivity index (χ1n) is 7.06. The van der Waals surface area contributed by atoms with E-state index in [0.717, 1.165) is 19.6 Å². The Kier molecular flexibility index (Phi) is 4.78. The molecule has 4 heteroatoms. The minimum Gasteiger partial charge on any atom is -0.380 e. The summed E-state index contributed by atoms with van der Waals surface area (Å²) in [5.74, 6) is 0.0898. The van der Waals surface area contributed by atoms with Crippen LogP contribution in [-0.2, 0) is 16.0 Å². The van der Waals surface area contributed by atoms with Crippen LogP contribution in [0.5, 0.6) is 0 Å². The molecule has 1 N–H and O–H groups in total. The van der Waals surface area contributed by atoms with Gasteiger partial charge >= 0.3 is 0 Å². The summed E-state index contributed by atoms with van der Waals surface area (Å²) >= 11 is 0. The number of benzene rings is 1. The number of likely N-dealkylation sites (N-methyl/N-ethyl adjacent to an activating group) is 1. The lowest BCUT2D eigenvalue weighted by Gasteiger charge is -2.38. The van der Waals surface area contributed by atoms with Crippen molar-refractivity contribution >= 4 is 5.91 Å². The molecule has 20 heavy (non-hydrogen) atoms. The number of carbonyl (C=O) groups excluding carboxylic acids is 1. The first kappa shape index (κ1) is 15.0. The van der Waals surface area contributed by atoms with Gasteiger partial charge in [-0.25, -0.2) is 0 Å². The Balaban J connectivity index is 1.92. The first-order valence-corrected chi connectivity index (χ1v) is 7.06. The van der Waals surface area contributed by atoms with E-state index in [9.17, 15) is 4.79 Å². The largest absolute Gasteiger partial charge is 0.380 e. The molecule has 1 atom stereocenters. The van der Waals surface area contributed by atoms with E-state index in [0.29, 0.717) is 6.54 Å². The molecule has 0 saturated carbocycles. The van der Waals surface area contributed by atoms with Crippen molar-refractivity contribution in [3.05, 3.63) is 35.9 Å².